The van der Waals surface area contributed by atoms with Gasteiger partial charge in [0.15, 0.2) is 5.76 Å². The minimum atomic E-state index is -0.892. The monoisotopic (exact) mass is 436 g/mol. The van der Waals surface area contributed by atoms with Crippen molar-refractivity contribution >= 4 is 17.9 Å². The molecule has 0 radical (unpaired) electrons. The summed E-state index contributed by atoms with van der Waals surface area (Å²) >= 11 is 0. The molecule has 1 unspecified atom stereocenters. The summed E-state index contributed by atoms with van der Waals surface area (Å²) in [7, 11) is 0. The molecule has 32 heavy (non-hydrogen) atoms. The summed E-state index contributed by atoms with van der Waals surface area (Å²) in [5, 5.41) is 12.2. The van der Waals surface area contributed by atoms with Gasteiger partial charge < -0.3 is 25.5 Å². The predicted octanol–water partition coefficient (Wildman–Crippen LogP) is 2.72. The number of furan rings is 1. The van der Waals surface area contributed by atoms with E-state index in [-0.39, 0.29) is 24.2 Å². The number of nitrogen functional groups attached to an aromatic ring is 1. The van der Waals surface area contributed by atoms with E-state index < -0.39 is 12.0 Å². The van der Waals surface area contributed by atoms with Gasteiger partial charge in [0.25, 0.3) is 5.91 Å². The van der Waals surface area contributed by atoms with E-state index in [2.05, 4.69) is 20.3 Å². The van der Waals surface area contributed by atoms with Crippen molar-refractivity contribution < 1.29 is 19.1 Å². The molecule has 3 aromatic rings. The maximum atomic E-state index is 12.6. The zero-order valence-electron chi connectivity index (χ0n) is 17.4. The summed E-state index contributed by atoms with van der Waals surface area (Å²) in [5.74, 6) is 0.0451. The number of carbonyl (C=O) groups excluding carboxylic acids is 1. The Labute approximate surface area is 184 Å². The smallest absolute Gasteiger partial charge is 0.407 e. The van der Waals surface area contributed by atoms with Gasteiger partial charge in [-0.3, -0.25) is 9.78 Å². The van der Waals surface area contributed by atoms with Crippen molar-refractivity contribution in [1.82, 2.24) is 25.2 Å². The molecule has 0 spiro atoms. The van der Waals surface area contributed by atoms with E-state index in [1.165, 1.54) is 17.2 Å². The summed E-state index contributed by atoms with van der Waals surface area (Å²) in [6.45, 7) is 0.748. The van der Waals surface area contributed by atoms with Gasteiger partial charge in [-0.1, -0.05) is 6.07 Å². The Bertz CT molecular complexity index is 1100. The highest BCUT2D eigenvalue weighted by molar-refractivity contribution is 5.93. The molecule has 1 aliphatic rings. The molecule has 1 aliphatic heterocycles. The second-order valence-corrected chi connectivity index (χ2v) is 7.61. The highest BCUT2D eigenvalue weighted by Crippen LogP contribution is 2.21. The summed E-state index contributed by atoms with van der Waals surface area (Å²) in [6, 6.07) is 10.4. The van der Waals surface area contributed by atoms with E-state index in [9.17, 15) is 14.7 Å². The predicted molar refractivity (Wildman–Crippen MR) is 116 cm³/mol. The van der Waals surface area contributed by atoms with Crippen LogP contribution in [0.5, 0.6) is 0 Å². The molecule has 10 nitrogen and oxygen atoms in total. The van der Waals surface area contributed by atoms with Gasteiger partial charge in [-0.25, -0.2) is 14.8 Å². The standard InChI is InChI=1S/C22H24N6O4/c23-21-26-17(19-8-4-10-32-19)12-18(27-21)20(29)24-13-15-6-3-5-14(25-15)11-16-7-1-2-9-28(16)22(30)31/h3-6,8,10,12,16H,1-2,7,9,11,13H2,(H,24,29)(H,30,31)(H2,23,26,27). The van der Waals surface area contributed by atoms with Crippen LogP contribution in [0.15, 0.2) is 47.1 Å². The van der Waals surface area contributed by atoms with Crippen LogP contribution in [0.25, 0.3) is 11.5 Å². The quantitative estimate of drug-likeness (QED) is 0.534. The van der Waals surface area contributed by atoms with Crippen LogP contribution in [0.4, 0.5) is 10.7 Å². The summed E-state index contributed by atoms with van der Waals surface area (Å²) < 4.78 is 5.31. The number of carboxylic acid groups (broad SMARTS) is 1. The first-order valence-electron chi connectivity index (χ1n) is 10.4. The van der Waals surface area contributed by atoms with E-state index in [1.54, 1.807) is 12.1 Å². The molecule has 0 aromatic carbocycles. The normalized spacial score (nSPS) is 16.0. The van der Waals surface area contributed by atoms with Crippen LogP contribution in [0.2, 0.25) is 0 Å². The van der Waals surface area contributed by atoms with E-state index in [0.717, 1.165) is 25.0 Å². The third-order valence-corrected chi connectivity index (χ3v) is 5.36. The van der Waals surface area contributed by atoms with Crippen molar-refractivity contribution in [3.8, 4) is 11.5 Å². The summed E-state index contributed by atoms with van der Waals surface area (Å²) in [4.78, 5) is 38.3. The number of anilines is 1. The summed E-state index contributed by atoms with van der Waals surface area (Å²) in [5.41, 5.74) is 7.76. The molecular weight excluding hydrogens is 412 g/mol. The van der Waals surface area contributed by atoms with E-state index in [0.29, 0.717) is 30.1 Å². The molecule has 1 saturated heterocycles. The maximum Gasteiger partial charge on any atom is 0.407 e. The number of nitrogens with one attached hydrogen (secondary N) is 1. The van der Waals surface area contributed by atoms with Crippen LogP contribution in [-0.2, 0) is 13.0 Å². The van der Waals surface area contributed by atoms with Crippen molar-refractivity contribution in [3.05, 3.63) is 59.7 Å². The lowest BCUT2D eigenvalue weighted by Crippen LogP contribution is -2.44. The van der Waals surface area contributed by atoms with Crippen molar-refractivity contribution in [1.29, 1.82) is 0 Å². The molecule has 1 atom stereocenters. The van der Waals surface area contributed by atoms with Gasteiger partial charge in [-0.2, -0.15) is 0 Å². The highest BCUT2D eigenvalue weighted by Gasteiger charge is 2.26. The fourth-order valence-electron chi connectivity index (χ4n) is 3.84. The number of rotatable bonds is 6. The number of hydrogen-bond donors (Lipinski definition) is 3. The number of pyridine rings is 1. The number of likely N-dealkylation sites (tertiary alicyclic amines) is 1. The van der Waals surface area contributed by atoms with E-state index in [4.69, 9.17) is 10.2 Å². The molecular formula is C22H24N6O4. The maximum absolute atomic E-state index is 12.6. The first-order chi connectivity index (χ1) is 15.5. The van der Waals surface area contributed by atoms with E-state index in [1.807, 2.05) is 18.2 Å². The molecule has 0 aliphatic carbocycles. The molecule has 4 heterocycles. The van der Waals surface area contributed by atoms with Gasteiger partial charge in [-0.05, 0) is 49.6 Å². The Balaban J connectivity index is 1.41. The molecule has 2 amide bonds. The van der Waals surface area contributed by atoms with E-state index >= 15 is 0 Å². The van der Waals surface area contributed by atoms with Crippen LogP contribution < -0.4 is 11.1 Å². The minimum Gasteiger partial charge on any atom is -0.465 e. The third-order valence-electron chi connectivity index (χ3n) is 5.36. The SMILES string of the molecule is Nc1nc(C(=O)NCc2cccc(CC3CCCCN3C(=O)O)n2)cc(-c2ccco2)n1. The van der Waals surface area contributed by atoms with Gasteiger partial charge in [0, 0.05) is 24.7 Å². The van der Waals surface area contributed by atoms with Crippen LogP contribution in [0.1, 0.15) is 41.1 Å². The molecule has 3 aromatic heterocycles. The van der Waals surface area contributed by atoms with Gasteiger partial charge in [-0.15, -0.1) is 0 Å². The van der Waals surface area contributed by atoms with Crippen molar-refractivity contribution in [3.63, 3.8) is 0 Å². The molecule has 0 saturated carbocycles. The van der Waals surface area contributed by atoms with Crippen molar-refractivity contribution in [2.24, 2.45) is 0 Å². The van der Waals surface area contributed by atoms with Gasteiger partial charge in [0.1, 0.15) is 11.4 Å². The Kier molecular flexibility index (Phi) is 6.29. The topological polar surface area (TPSA) is 147 Å². The molecule has 166 valence electrons. The molecule has 1 fully saturated rings. The lowest BCUT2D eigenvalue weighted by molar-refractivity contribution is 0.0944. The number of aromatic nitrogens is 3. The number of hydrogen-bond acceptors (Lipinski definition) is 7. The number of carbonyl (C=O) groups is 2. The largest absolute Gasteiger partial charge is 0.465 e. The fraction of sp³-hybridized carbons (Fsp3) is 0.318. The zero-order valence-corrected chi connectivity index (χ0v) is 17.4. The van der Waals surface area contributed by atoms with Crippen molar-refractivity contribution in [2.75, 3.05) is 12.3 Å². The number of nitrogens with zero attached hydrogens (tertiary/aromatic N) is 4. The lowest BCUT2D eigenvalue weighted by Gasteiger charge is -2.33. The average Bonchev–Trinajstić information content (AvgIpc) is 3.33. The second-order valence-electron chi connectivity index (χ2n) is 7.61. The van der Waals surface area contributed by atoms with Crippen LogP contribution in [0, 0.1) is 0 Å². The number of amides is 2. The van der Waals surface area contributed by atoms with Crippen LogP contribution >= 0.6 is 0 Å². The number of piperidine rings is 1. The lowest BCUT2D eigenvalue weighted by atomic mass is 9.98. The van der Waals surface area contributed by atoms with Crippen molar-refractivity contribution in [2.45, 2.75) is 38.3 Å². The average molecular weight is 436 g/mol. The van der Waals surface area contributed by atoms with Gasteiger partial charge in [0.2, 0.25) is 5.95 Å². The Morgan fingerprint density at radius 2 is 2.00 bits per heavy atom. The number of nitrogens with two attached hydrogens (primary N) is 1. The first kappa shape index (κ1) is 21.3. The minimum absolute atomic E-state index is 0.0281. The van der Waals surface area contributed by atoms with Crippen LogP contribution in [0.3, 0.4) is 0 Å². The molecule has 4 rings (SSSR count). The fourth-order valence-corrected chi connectivity index (χ4v) is 3.84. The first-order valence-corrected chi connectivity index (χ1v) is 10.4. The molecule has 4 N–H and O–H groups in total. The van der Waals surface area contributed by atoms with Gasteiger partial charge >= 0.3 is 6.09 Å². The second kappa shape index (κ2) is 9.46. The van der Waals surface area contributed by atoms with Crippen LogP contribution in [-0.4, -0.2) is 49.5 Å². The Morgan fingerprint density at radius 1 is 1.16 bits per heavy atom. The Hall–Kier alpha value is -3.95. The summed E-state index contributed by atoms with van der Waals surface area (Å²) in [6.07, 6.45) is 3.88. The highest BCUT2D eigenvalue weighted by atomic mass is 16.4. The molecule has 10 heteroatoms. The zero-order chi connectivity index (χ0) is 22.5. The van der Waals surface area contributed by atoms with Gasteiger partial charge in [0.05, 0.1) is 18.5 Å². The molecule has 0 bridgehead atoms. The Morgan fingerprint density at radius 3 is 2.78 bits per heavy atom. The third kappa shape index (κ3) is 5.02.